The molecule has 116 valence electrons. The molecule has 0 bridgehead atoms. The Labute approximate surface area is 130 Å². The molecule has 5 nitrogen and oxygen atoms in total. The average molecular weight is 300 g/mol. The van der Waals surface area contributed by atoms with Crippen LogP contribution in [0, 0.1) is 11.3 Å². The lowest BCUT2D eigenvalue weighted by Crippen LogP contribution is -2.43. The molecular weight excluding hydrogens is 280 g/mol. The molecular formula is C17H20N2O3. The zero-order valence-corrected chi connectivity index (χ0v) is 13.5. The molecule has 1 N–H and O–H groups in total. The zero-order chi connectivity index (χ0) is 16.5. The van der Waals surface area contributed by atoms with Crippen LogP contribution in [0.25, 0.3) is 6.08 Å². The first kappa shape index (κ1) is 15.9. The smallest absolute Gasteiger partial charge is 0.412 e. The highest BCUT2D eigenvalue weighted by atomic mass is 16.6. The lowest BCUT2D eigenvalue weighted by molar-refractivity contribution is 0.0505. The van der Waals surface area contributed by atoms with Crippen LogP contribution in [0.2, 0.25) is 0 Å². The first-order chi connectivity index (χ1) is 10.1. The summed E-state index contributed by atoms with van der Waals surface area (Å²) < 4.78 is 11.2. The molecule has 0 atom stereocenters. The Bertz CT molecular complexity index is 676. The SMILES string of the molecule is CC(C)(C)OC(=O)NC1=Cc2cc(C#N)ccc2OC1(C)C. The summed E-state index contributed by atoms with van der Waals surface area (Å²) in [4.78, 5) is 12.0. The summed E-state index contributed by atoms with van der Waals surface area (Å²) >= 11 is 0. The molecule has 0 unspecified atom stereocenters. The Kier molecular flexibility index (Phi) is 3.89. The predicted molar refractivity (Wildman–Crippen MR) is 83.2 cm³/mol. The van der Waals surface area contributed by atoms with Crippen molar-refractivity contribution in [3.8, 4) is 11.8 Å². The van der Waals surface area contributed by atoms with Gasteiger partial charge >= 0.3 is 6.09 Å². The third kappa shape index (κ3) is 3.59. The van der Waals surface area contributed by atoms with Crippen molar-refractivity contribution in [3.63, 3.8) is 0 Å². The molecule has 5 heteroatoms. The summed E-state index contributed by atoms with van der Waals surface area (Å²) in [5.41, 5.74) is 0.609. The average Bonchev–Trinajstić information content (AvgIpc) is 2.36. The molecule has 0 spiro atoms. The maximum atomic E-state index is 12.0. The van der Waals surface area contributed by atoms with Gasteiger partial charge in [0.25, 0.3) is 0 Å². The number of amides is 1. The summed E-state index contributed by atoms with van der Waals surface area (Å²) in [5.74, 6) is 0.679. The number of carbonyl (C=O) groups is 1. The highest BCUT2D eigenvalue weighted by molar-refractivity contribution is 5.75. The number of hydrogen-bond donors (Lipinski definition) is 1. The number of hydrogen-bond acceptors (Lipinski definition) is 4. The zero-order valence-electron chi connectivity index (χ0n) is 13.5. The number of ether oxygens (including phenoxy) is 2. The van der Waals surface area contributed by atoms with Crippen molar-refractivity contribution in [2.24, 2.45) is 0 Å². The lowest BCUT2D eigenvalue weighted by Gasteiger charge is -2.34. The highest BCUT2D eigenvalue weighted by Crippen LogP contribution is 2.34. The van der Waals surface area contributed by atoms with E-state index in [1.54, 1.807) is 39.0 Å². The Morgan fingerprint density at radius 1 is 1.36 bits per heavy atom. The van der Waals surface area contributed by atoms with E-state index in [0.29, 0.717) is 17.0 Å². The van der Waals surface area contributed by atoms with Gasteiger partial charge in [0.05, 0.1) is 17.3 Å². The van der Waals surface area contributed by atoms with E-state index in [4.69, 9.17) is 14.7 Å². The molecule has 1 aliphatic heterocycles. The number of nitriles is 1. The van der Waals surface area contributed by atoms with Gasteiger partial charge in [0.15, 0.2) is 0 Å². The molecule has 1 heterocycles. The monoisotopic (exact) mass is 300 g/mol. The van der Waals surface area contributed by atoms with Crippen LogP contribution in [0.4, 0.5) is 4.79 Å². The molecule has 2 rings (SSSR count). The molecule has 22 heavy (non-hydrogen) atoms. The Balaban J connectivity index is 2.30. The summed E-state index contributed by atoms with van der Waals surface area (Å²) in [5, 5.41) is 11.7. The summed E-state index contributed by atoms with van der Waals surface area (Å²) in [6.07, 6.45) is 1.28. The number of rotatable bonds is 1. The standard InChI is InChI=1S/C17H20N2O3/c1-16(2,3)22-15(20)19-14-9-12-8-11(10-18)6-7-13(12)21-17(14,4)5/h6-9H,1-5H3,(H,19,20). The van der Waals surface area contributed by atoms with E-state index in [1.165, 1.54) is 0 Å². The van der Waals surface area contributed by atoms with E-state index in [2.05, 4.69) is 11.4 Å². The fourth-order valence-corrected chi connectivity index (χ4v) is 2.08. The van der Waals surface area contributed by atoms with E-state index in [0.717, 1.165) is 5.56 Å². The second-order valence-electron chi connectivity index (χ2n) is 6.66. The number of carbonyl (C=O) groups excluding carboxylic acids is 1. The second kappa shape index (κ2) is 5.38. The first-order valence-corrected chi connectivity index (χ1v) is 7.06. The van der Waals surface area contributed by atoms with Gasteiger partial charge in [-0.15, -0.1) is 0 Å². The van der Waals surface area contributed by atoms with Gasteiger partial charge in [0.2, 0.25) is 0 Å². The number of alkyl carbamates (subject to hydrolysis) is 1. The van der Waals surface area contributed by atoms with E-state index < -0.39 is 17.3 Å². The normalized spacial score (nSPS) is 15.7. The van der Waals surface area contributed by atoms with Gasteiger partial charge in [0, 0.05) is 5.56 Å². The van der Waals surface area contributed by atoms with E-state index >= 15 is 0 Å². The van der Waals surface area contributed by atoms with Crippen LogP contribution in [0.5, 0.6) is 5.75 Å². The van der Waals surface area contributed by atoms with Gasteiger partial charge in [-0.3, -0.25) is 5.32 Å². The van der Waals surface area contributed by atoms with Gasteiger partial charge in [-0.25, -0.2) is 4.79 Å². The van der Waals surface area contributed by atoms with E-state index in [9.17, 15) is 4.79 Å². The van der Waals surface area contributed by atoms with Crippen molar-refractivity contribution in [3.05, 3.63) is 35.0 Å². The van der Waals surface area contributed by atoms with Crippen LogP contribution in [0.15, 0.2) is 23.9 Å². The van der Waals surface area contributed by atoms with Gasteiger partial charge < -0.3 is 9.47 Å². The Morgan fingerprint density at radius 3 is 2.64 bits per heavy atom. The molecule has 1 amide bonds. The van der Waals surface area contributed by atoms with E-state index in [-0.39, 0.29) is 0 Å². The Hall–Kier alpha value is -2.48. The maximum Gasteiger partial charge on any atom is 0.412 e. The topological polar surface area (TPSA) is 71.3 Å². The quantitative estimate of drug-likeness (QED) is 0.860. The molecule has 1 aromatic carbocycles. The summed E-state index contributed by atoms with van der Waals surface area (Å²) in [7, 11) is 0. The van der Waals surface area contributed by atoms with Gasteiger partial charge in [0.1, 0.15) is 17.0 Å². The van der Waals surface area contributed by atoms with Crippen molar-refractivity contribution in [2.75, 3.05) is 0 Å². The van der Waals surface area contributed by atoms with Crippen molar-refractivity contribution in [1.29, 1.82) is 5.26 Å². The molecule has 1 aliphatic rings. The van der Waals surface area contributed by atoms with Gasteiger partial charge in [-0.1, -0.05) is 0 Å². The minimum Gasteiger partial charge on any atom is -0.481 e. The maximum absolute atomic E-state index is 12.0. The van der Waals surface area contributed by atoms with Crippen LogP contribution in [-0.4, -0.2) is 17.3 Å². The number of nitrogens with one attached hydrogen (secondary N) is 1. The number of nitrogens with zero attached hydrogens (tertiary/aromatic N) is 1. The molecule has 0 aromatic heterocycles. The minimum absolute atomic E-state index is 0.532. The minimum atomic E-state index is -0.696. The first-order valence-electron chi connectivity index (χ1n) is 7.06. The fourth-order valence-electron chi connectivity index (χ4n) is 2.08. The van der Waals surface area contributed by atoms with Crippen LogP contribution in [0.3, 0.4) is 0 Å². The predicted octanol–water partition coefficient (Wildman–Crippen LogP) is 3.59. The van der Waals surface area contributed by atoms with Crippen LogP contribution >= 0.6 is 0 Å². The number of fused-ring (bicyclic) bond motifs is 1. The van der Waals surface area contributed by atoms with Crippen molar-refractivity contribution >= 4 is 12.2 Å². The molecule has 0 aliphatic carbocycles. The van der Waals surface area contributed by atoms with Crippen LogP contribution in [-0.2, 0) is 4.74 Å². The molecule has 0 saturated heterocycles. The van der Waals surface area contributed by atoms with E-state index in [1.807, 2.05) is 19.9 Å². The van der Waals surface area contributed by atoms with Crippen molar-refractivity contribution in [2.45, 2.75) is 45.8 Å². The molecule has 0 saturated carbocycles. The van der Waals surface area contributed by atoms with Crippen LogP contribution in [0.1, 0.15) is 45.7 Å². The van der Waals surface area contributed by atoms with Crippen LogP contribution < -0.4 is 10.1 Å². The molecule has 1 aromatic rings. The molecule has 0 fully saturated rings. The second-order valence-corrected chi connectivity index (χ2v) is 6.66. The number of benzene rings is 1. The van der Waals surface area contributed by atoms with Crippen molar-refractivity contribution < 1.29 is 14.3 Å². The lowest BCUT2D eigenvalue weighted by atomic mass is 9.97. The highest BCUT2D eigenvalue weighted by Gasteiger charge is 2.32. The summed E-state index contributed by atoms with van der Waals surface area (Å²) in [6, 6.07) is 7.27. The van der Waals surface area contributed by atoms with Crippen molar-refractivity contribution in [1.82, 2.24) is 5.32 Å². The van der Waals surface area contributed by atoms with Gasteiger partial charge in [-0.2, -0.15) is 5.26 Å². The fraction of sp³-hybridized carbons (Fsp3) is 0.412. The van der Waals surface area contributed by atoms with Gasteiger partial charge in [-0.05, 0) is 58.9 Å². The Morgan fingerprint density at radius 2 is 2.05 bits per heavy atom. The molecule has 0 radical (unpaired) electrons. The third-order valence-electron chi connectivity index (χ3n) is 3.09. The third-order valence-corrected chi connectivity index (χ3v) is 3.09. The largest absolute Gasteiger partial charge is 0.481 e. The summed E-state index contributed by atoms with van der Waals surface area (Å²) in [6.45, 7) is 9.13.